The molecular formula is C18H30N2. The van der Waals surface area contributed by atoms with Gasteiger partial charge in [0.05, 0.1) is 0 Å². The average molecular weight is 274 g/mol. The van der Waals surface area contributed by atoms with E-state index in [-0.39, 0.29) is 0 Å². The maximum absolute atomic E-state index is 3.20. The smallest absolute Gasteiger partial charge is 0.0233 e. The maximum atomic E-state index is 3.20. The van der Waals surface area contributed by atoms with E-state index in [1.807, 2.05) is 7.05 Å². The summed E-state index contributed by atoms with van der Waals surface area (Å²) in [5.74, 6) is 0.936. The van der Waals surface area contributed by atoms with Crippen LogP contribution in [-0.4, -0.2) is 31.6 Å². The zero-order chi connectivity index (χ0) is 14.4. The highest BCUT2D eigenvalue weighted by atomic mass is 15.1. The van der Waals surface area contributed by atoms with Gasteiger partial charge in [0.2, 0.25) is 0 Å². The second-order valence-corrected chi connectivity index (χ2v) is 6.50. The Hall–Kier alpha value is -0.860. The molecule has 1 aliphatic rings. The molecule has 1 saturated carbocycles. The number of nitrogens with one attached hydrogen (secondary N) is 1. The molecule has 1 aromatic carbocycles. The van der Waals surface area contributed by atoms with Crippen LogP contribution in [0.5, 0.6) is 0 Å². The molecule has 0 unspecified atom stereocenters. The van der Waals surface area contributed by atoms with Crippen molar-refractivity contribution >= 4 is 0 Å². The molecule has 1 aliphatic carbocycles. The van der Waals surface area contributed by atoms with Crippen LogP contribution in [0.15, 0.2) is 24.3 Å². The van der Waals surface area contributed by atoms with Crippen LogP contribution in [0, 0.1) is 5.92 Å². The predicted molar refractivity (Wildman–Crippen MR) is 87.0 cm³/mol. The van der Waals surface area contributed by atoms with Gasteiger partial charge in [-0.3, -0.25) is 4.90 Å². The topological polar surface area (TPSA) is 15.3 Å². The highest BCUT2D eigenvalue weighted by molar-refractivity contribution is 5.22. The molecule has 0 heterocycles. The minimum atomic E-state index is 0.787. The first-order chi connectivity index (χ1) is 9.69. The highest BCUT2D eigenvalue weighted by Gasteiger charge is 2.21. The number of hydrogen-bond acceptors (Lipinski definition) is 2. The van der Waals surface area contributed by atoms with E-state index in [4.69, 9.17) is 0 Å². The summed E-state index contributed by atoms with van der Waals surface area (Å²) < 4.78 is 0. The number of nitrogens with zero attached hydrogens (tertiary/aromatic N) is 1. The fourth-order valence-corrected chi connectivity index (χ4v) is 3.18. The summed E-state index contributed by atoms with van der Waals surface area (Å²) in [5.41, 5.74) is 2.87. The third-order valence-corrected chi connectivity index (χ3v) is 4.73. The van der Waals surface area contributed by atoms with Gasteiger partial charge in [0.15, 0.2) is 0 Å². The Bertz CT molecular complexity index is 377. The Kier molecular flexibility index (Phi) is 6.06. The number of rotatable bonds is 6. The van der Waals surface area contributed by atoms with Crippen molar-refractivity contribution in [3.05, 3.63) is 35.4 Å². The molecule has 2 rings (SSSR count). The summed E-state index contributed by atoms with van der Waals surface area (Å²) >= 11 is 0. The molecule has 1 fully saturated rings. The lowest BCUT2D eigenvalue weighted by Gasteiger charge is -2.33. The first-order valence-electron chi connectivity index (χ1n) is 8.11. The molecular weight excluding hydrogens is 244 g/mol. The minimum Gasteiger partial charge on any atom is -0.319 e. The van der Waals surface area contributed by atoms with Crippen LogP contribution < -0.4 is 5.32 Å². The van der Waals surface area contributed by atoms with Gasteiger partial charge in [-0.1, -0.05) is 31.2 Å². The average Bonchev–Trinajstić information content (AvgIpc) is 2.47. The number of benzene rings is 1. The quantitative estimate of drug-likeness (QED) is 0.854. The van der Waals surface area contributed by atoms with Gasteiger partial charge in [-0.2, -0.15) is 0 Å². The van der Waals surface area contributed by atoms with Crippen molar-refractivity contribution in [2.24, 2.45) is 5.92 Å². The third kappa shape index (κ3) is 4.60. The lowest BCUT2D eigenvalue weighted by atomic mass is 9.86. The Balaban J connectivity index is 1.83. The van der Waals surface area contributed by atoms with Crippen molar-refractivity contribution < 1.29 is 0 Å². The summed E-state index contributed by atoms with van der Waals surface area (Å²) in [4.78, 5) is 2.55. The second-order valence-electron chi connectivity index (χ2n) is 6.50. The Labute approximate surface area is 124 Å². The normalized spacial score (nSPS) is 23.2. The molecule has 0 radical (unpaired) electrons. The van der Waals surface area contributed by atoms with Gasteiger partial charge in [0.1, 0.15) is 0 Å². The Morgan fingerprint density at radius 2 is 1.65 bits per heavy atom. The fourth-order valence-electron chi connectivity index (χ4n) is 3.18. The van der Waals surface area contributed by atoms with E-state index in [9.17, 15) is 0 Å². The molecule has 2 heteroatoms. The summed E-state index contributed by atoms with van der Waals surface area (Å²) in [7, 11) is 4.30. The van der Waals surface area contributed by atoms with E-state index in [0.717, 1.165) is 31.5 Å². The predicted octanol–water partition coefficient (Wildman–Crippen LogP) is 3.46. The molecule has 20 heavy (non-hydrogen) atoms. The highest BCUT2D eigenvalue weighted by Crippen LogP contribution is 2.27. The standard InChI is InChI=1S/C18H30N2/c1-15-4-10-18(11-5-15)20(3)14-17-8-6-16(7-9-17)12-13-19-2/h6-9,15,18-19H,4-5,10-14H2,1-3H3. The Morgan fingerprint density at radius 1 is 1.05 bits per heavy atom. The van der Waals surface area contributed by atoms with Crippen molar-refractivity contribution in [3.8, 4) is 0 Å². The van der Waals surface area contributed by atoms with E-state index in [1.165, 1.54) is 36.8 Å². The summed E-state index contributed by atoms with van der Waals surface area (Å²) in [5, 5.41) is 3.20. The fraction of sp³-hybridized carbons (Fsp3) is 0.667. The molecule has 1 N–H and O–H groups in total. The molecule has 0 bridgehead atoms. The summed E-state index contributed by atoms with van der Waals surface area (Å²) in [6, 6.07) is 9.95. The first-order valence-corrected chi connectivity index (χ1v) is 8.11. The second kappa shape index (κ2) is 7.80. The molecule has 112 valence electrons. The zero-order valence-electron chi connectivity index (χ0n) is 13.4. The maximum Gasteiger partial charge on any atom is 0.0233 e. The van der Waals surface area contributed by atoms with Crippen molar-refractivity contribution in [2.45, 2.75) is 51.6 Å². The molecule has 1 aromatic rings. The van der Waals surface area contributed by atoms with Gasteiger partial charge in [0.25, 0.3) is 0 Å². The number of likely N-dealkylation sites (N-methyl/N-ethyl adjacent to an activating group) is 1. The van der Waals surface area contributed by atoms with E-state index < -0.39 is 0 Å². The molecule has 0 atom stereocenters. The Morgan fingerprint density at radius 3 is 2.25 bits per heavy atom. The van der Waals surface area contributed by atoms with Gasteiger partial charge < -0.3 is 5.32 Å². The van der Waals surface area contributed by atoms with Crippen molar-refractivity contribution in [1.29, 1.82) is 0 Å². The zero-order valence-corrected chi connectivity index (χ0v) is 13.4. The van der Waals surface area contributed by atoms with Gasteiger partial charge in [-0.15, -0.1) is 0 Å². The SMILES string of the molecule is CNCCc1ccc(CN(C)C2CCC(C)CC2)cc1. The van der Waals surface area contributed by atoms with Crippen molar-refractivity contribution in [2.75, 3.05) is 20.6 Å². The molecule has 0 aromatic heterocycles. The molecule has 0 spiro atoms. The third-order valence-electron chi connectivity index (χ3n) is 4.73. The molecule has 0 aliphatic heterocycles. The van der Waals surface area contributed by atoms with Crippen LogP contribution >= 0.6 is 0 Å². The van der Waals surface area contributed by atoms with Crippen LogP contribution in [-0.2, 0) is 13.0 Å². The lowest BCUT2D eigenvalue weighted by molar-refractivity contribution is 0.164. The summed E-state index contributed by atoms with van der Waals surface area (Å²) in [6.45, 7) is 4.53. The van der Waals surface area contributed by atoms with Crippen LogP contribution in [0.25, 0.3) is 0 Å². The first kappa shape index (κ1) is 15.5. The van der Waals surface area contributed by atoms with E-state index in [2.05, 4.69) is 48.5 Å². The van der Waals surface area contributed by atoms with Crippen molar-refractivity contribution in [1.82, 2.24) is 10.2 Å². The monoisotopic (exact) mass is 274 g/mol. The van der Waals surface area contributed by atoms with Gasteiger partial charge in [-0.05, 0) is 69.8 Å². The van der Waals surface area contributed by atoms with E-state index in [1.54, 1.807) is 0 Å². The summed E-state index contributed by atoms with van der Waals surface area (Å²) in [6.07, 6.45) is 6.67. The van der Waals surface area contributed by atoms with Gasteiger partial charge in [-0.25, -0.2) is 0 Å². The van der Waals surface area contributed by atoms with Crippen LogP contribution in [0.3, 0.4) is 0 Å². The minimum absolute atomic E-state index is 0.787. The molecule has 2 nitrogen and oxygen atoms in total. The van der Waals surface area contributed by atoms with Gasteiger partial charge >= 0.3 is 0 Å². The van der Waals surface area contributed by atoms with Gasteiger partial charge in [0, 0.05) is 12.6 Å². The van der Waals surface area contributed by atoms with E-state index in [0.29, 0.717) is 0 Å². The van der Waals surface area contributed by atoms with Crippen molar-refractivity contribution in [3.63, 3.8) is 0 Å². The lowest BCUT2D eigenvalue weighted by Crippen LogP contribution is -2.34. The van der Waals surface area contributed by atoms with E-state index >= 15 is 0 Å². The molecule has 0 amide bonds. The largest absolute Gasteiger partial charge is 0.319 e. The van der Waals surface area contributed by atoms with Crippen LogP contribution in [0.4, 0.5) is 0 Å². The number of hydrogen-bond donors (Lipinski definition) is 1. The van der Waals surface area contributed by atoms with Crippen LogP contribution in [0.2, 0.25) is 0 Å². The van der Waals surface area contributed by atoms with Crippen LogP contribution in [0.1, 0.15) is 43.7 Å². The molecule has 0 saturated heterocycles.